The van der Waals surface area contributed by atoms with Crippen LogP contribution in [0.5, 0.6) is 0 Å². The normalized spacial score (nSPS) is 9.42. The van der Waals surface area contributed by atoms with Crippen LogP contribution in [0.25, 0.3) is 0 Å². The quantitative estimate of drug-likeness (QED) is 0.648. The fourth-order valence-electron chi connectivity index (χ4n) is 1.51. The summed E-state index contributed by atoms with van der Waals surface area (Å²) in [4.78, 5) is 13.8. The van der Waals surface area contributed by atoms with E-state index in [1.54, 1.807) is 24.3 Å². The van der Waals surface area contributed by atoms with Gasteiger partial charge in [0, 0.05) is 12.2 Å². The molecular formula is C13H22Cl2N2O2. The minimum absolute atomic E-state index is 0. The number of carbonyl (C=O) groups is 1. The predicted molar refractivity (Wildman–Crippen MR) is 83.4 cm³/mol. The Kier molecular flexibility index (Phi) is 11.7. The molecule has 0 saturated carbocycles. The molecule has 0 radical (unpaired) electrons. The summed E-state index contributed by atoms with van der Waals surface area (Å²) in [5.74, 6) is -0.294. The number of hydrogen-bond acceptors (Lipinski definition) is 4. The van der Waals surface area contributed by atoms with E-state index in [4.69, 9.17) is 10.5 Å². The summed E-state index contributed by atoms with van der Waals surface area (Å²) in [6, 6.07) is 6.74. The van der Waals surface area contributed by atoms with E-state index in [-0.39, 0.29) is 30.8 Å². The Morgan fingerprint density at radius 1 is 1.16 bits per heavy atom. The third kappa shape index (κ3) is 7.25. The van der Waals surface area contributed by atoms with Crippen molar-refractivity contribution < 1.29 is 9.53 Å². The summed E-state index contributed by atoms with van der Waals surface area (Å²) in [5, 5.41) is 0. The molecule has 110 valence electrons. The van der Waals surface area contributed by atoms with Gasteiger partial charge in [-0.3, -0.25) is 0 Å². The summed E-state index contributed by atoms with van der Waals surface area (Å²) in [6.45, 7) is 7.31. The standard InChI is InChI=1S/C13H20N2O2.2ClH/c1-3-15(4-2)9-10-17-13(16)11-5-7-12(14)8-6-11;;/h5-8H,3-4,9-10,14H2,1-2H3;2*1H. The van der Waals surface area contributed by atoms with E-state index in [1.165, 1.54) is 0 Å². The number of carbonyl (C=O) groups excluding carboxylic acids is 1. The second kappa shape index (κ2) is 10.9. The van der Waals surface area contributed by atoms with Crippen LogP contribution in [-0.4, -0.2) is 37.1 Å². The lowest BCUT2D eigenvalue weighted by Gasteiger charge is -2.17. The van der Waals surface area contributed by atoms with Gasteiger partial charge in [0.15, 0.2) is 0 Å². The smallest absolute Gasteiger partial charge is 0.338 e. The number of hydrogen-bond donors (Lipinski definition) is 1. The molecule has 0 spiro atoms. The van der Waals surface area contributed by atoms with Gasteiger partial charge in [-0.25, -0.2) is 4.79 Å². The molecule has 0 heterocycles. The zero-order valence-electron chi connectivity index (χ0n) is 11.3. The minimum atomic E-state index is -0.294. The molecule has 0 aromatic heterocycles. The molecule has 1 aromatic carbocycles. The van der Waals surface area contributed by atoms with Crippen LogP contribution in [0.2, 0.25) is 0 Å². The Morgan fingerprint density at radius 3 is 2.16 bits per heavy atom. The molecule has 0 amide bonds. The fraction of sp³-hybridized carbons (Fsp3) is 0.462. The number of halogens is 2. The molecule has 0 saturated heterocycles. The van der Waals surface area contributed by atoms with Gasteiger partial charge in [0.05, 0.1) is 5.56 Å². The molecule has 0 unspecified atom stereocenters. The molecule has 6 heteroatoms. The third-order valence-electron chi connectivity index (χ3n) is 2.68. The van der Waals surface area contributed by atoms with Crippen molar-refractivity contribution in [3.8, 4) is 0 Å². The highest BCUT2D eigenvalue weighted by atomic mass is 35.5. The Balaban J connectivity index is 0. The Hall–Kier alpha value is -0.970. The second-order valence-electron chi connectivity index (χ2n) is 3.78. The molecule has 0 aliphatic carbocycles. The van der Waals surface area contributed by atoms with E-state index in [2.05, 4.69) is 18.7 Å². The van der Waals surface area contributed by atoms with Gasteiger partial charge in [-0.05, 0) is 37.4 Å². The molecule has 19 heavy (non-hydrogen) atoms. The molecule has 1 aromatic rings. The van der Waals surface area contributed by atoms with Gasteiger partial charge in [-0.15, -0.1) is 24.8 Å². The highest BCUT2D eigenvalue weighted by Crippen LogP contribution is 2.06. The van der Waals surface area contributed by atoms with E-state index in [0.717, 1.165) is 19.6 Å². The van der Waals surface area contributed by atoms with E-state index >= 15 is 0 Å². The summed E-state index contributed by atoms with van der Waals surface area (Å²) in [5.41, 5.74) is 6.73. The maximum atomic E-state index is 11.6. The summed E-state index contributed by atoms with van der Waals surface area (Å²) < 4.78 is 5.18. The van der Waals surface area contributed by atoms with Gasteiger partial charge in [0.2, 0.25) is 0 Å². The molecule has 0 bridgehead atoms. The van der Waals surface area contributed by atoms with Crippen molar-refractivity contribution in [1.82, 2.24) is 4.90 Å². The number of rotatable bonds is 6. The highest BCUT2D eigenvalue weighted by Gasteiger charge is 2.07. The topological polar surface area (TPSA) is 55.6 Å². The molecule has 4 nitrogen and oxygen atoms in total. The van der Waals surface area contributed by atoms with E-state index in [9.17, 15) is 4.79 Å². The Labute approximate surface area is 127 Å². The van der Waals surface area contributed by atoms with Crippen LogP contribution in [0.3, 0.4) is 0 Å². The van der Waals surface area contributed by atoms with Crippen LogP contribution in [-0.2, 0) is 4.74 Å². The van der Waals surface area contributed by atoms with Crippen molar-refractivity contribution >= 4 is 36.5 Å². The minimum Gasteiger partial charge on any atom is -0.461 e. The van der Waals surface area contributed by atoms with Crippen LogP contribution < -0.4 is 5.73 Å². The molecule has 0 aliphatic heterocycles. The van der Waals surface area contributed by atoms with Crippen LogP contribution in [0, 0.1) is 0 Å². The van der Waals surface area contributed by atoms with Crippen LogP contribution in [0.15, 0.2) is 24.3 Å². The molecule has 1 rings (SSSR count). The number of benzene rings is 1. The van der Waals surface area contributed by atoms with Gasteiger partial charge in [-0.2, -0.15) is 0 Å². The first kappa shape index (κ1) is 20.3. The van der Waals surface area contributed by atoms with Gasteiger partial charge < -0.3 is 15.4 Å². The maximum absolute atomic E-state index is 11.6. The second-order valence-corrected chi connectivity index (χ2v) is 3.78. The van der Waals surface area contributed by atoms with Gasteiger partial charge in [0.25, 0.3) is 0 Å². The zero-order chi connectivity index (χ0) is 12.7. The van der Waals surface area contributed by atoms with Crippen LogP contribution in [0.4, 0.5) is 5.69 Å². The van der Waals surface area contributed by atoms with Crippen molar-refractivity contribution in [3.05, 3.63) is 29.8 Å². The largest absolute Gasteiger partial charge is 0.461 e. The van der Waals surface area contributed by atoms with Crippen LogP contribution in [0.1, 0.15) is 24.2 Å². The number of nitrogens with zero attached hydrogens (tertiary/aromatic N) is 1. The molecule has 0 aliphatic rings. The number of nitrogens with two attached hydrogens (primary N) is 1. The average Bonchev–Trinajstić information content (AvgIpc) is 2.35. The molecule has 0 fully saturated rings. The highest BCUT2D eigenvalue weighted by molar-refractivity contribution is 5.89. The lowest BCUT2D eigenvalue weighted by molar-refractivity contribution is 0.0466. The summed E-state index contributed by atoms with van der Waals surface area (Å²) >= 11 is 0. The first-order valence-corrected chi connectivity index (χ1v) is 5.92. The van der Waals surface area contributed by atoms with Gasteiger partial charge >= 0.3 is 5.97 Å². The number of anilines is 1. The fourth-order valence-corrected chi connectivity index (χ4v) is 1.51. The predicted octanol–water partition coefficient (Wildman–Crippen LogP) is 2.61. The third-order valence-corrected chi connectivity index (χ3v) is 2.68. The zero-order valence-corrected chi connectivity index (χ0v) is 12.9. The Bertz CT molecular complexity index is 354. The first-order valence-electron chi connectivity index (χ1n) is 5.92. The Morgan fingerprint density at radius 2 is 1.68 bits per heavy atom. The molecule has 0 atom stereocenters. The van der Waals surface area contributed by atoms with Gasteiger partial charge in [0.1, 0.15) is 6.61 Å². The van der Waals surface area contributed by atoms with Crippen molar-refractivity contribution in [2.24, 2.45) is 0 Å². The van der Waals surface area contributed by atoms with Crippen molar-refractivity contribution in [2.75, 3.05) is 32.0 Å². The summed E-state index contributed by atoms with van der Waals surface area (Å²) in [6.07, 6.45) is 0. The number of likely N-dealkylation sites (N-methyl/N-ethyl adjacent to an activating group) is 1. The number of nitrogen functional groups attached to an aromatic ring is 1. The lowest BCUT2D eigenvalue weighted by Crippen LogP contribution is -2.27. The maximum Gasteiger partial charge on any atom is 0.338 e. The first-order chi connectivity index (χ1) is 8.17. The van der Waals surface area contributed by atoms with Crippen LogP contribution >= 0.6 is 24.8 Å². The van der Waals surface area contributed by atoms with E-state index in [1.807, 2.05) is 0 Å². The van der Waals surface area contributed by atoms with E-state index in [0.29, 0.717) is 17.9 Å². The monoisotopic (exact) mass is 308 g/mol. The summed E-state index contributed by atoms with van der Waals surface area (Å²) in [7, 11) is 0. The van der Waals surface area contributed by atoms with Crippen molar-refractivity contribution in [2.45, 2.75) is 13.8 Å². The average molecular weight is 309 g/mol. The van der Waals surface area contributed by atoms with Gasteiger partial charge in [-0.1, -0.05) is 13.8 Å². The lowest BCUT2D eigenvalue weighted by atomic mass is 10.2. The van der Waals surface area contributed by atoms with Crippen molar-refractivity contribution in [3.63, 3.8) is 0 Å². The number of ether oxygens (including phenoxy) is 1. The van der Waals surface area contributed by atoms with Crippen molar-refractivity contribution in [1.29, 1.82) is 0 Å². The SMILES string of the molecule is CCN(CC)CCOC(=O)c1ccc(N)cc1.Cl.Cl. The molecule has 2 N–H and O–H groups in total. The van der Waals surface area contributed by atoms with E-state index < -0.39 is 0 Å². The molecular weight excluding hydrogens is 287 g/mol. The number of esters is 1.